The van der Waals surface area contributed by atoms with Crippen LogP contribution in [0.15, 0.2) is 4.99 Å². The van der Waals surface area contributed by atoms with Gasteiger partial charge in [-0.3, -0.25) is 4.99 Å². The molecule has 136 valence electrons. The van der Waals surface area contributed by atoms with Gasteiger partial charge in [0.1, 0.15) is 0 Å². The van der Waals surface area contributed by atoms with E-state index in [9.17, 15) is 4.79 Å². The number of ether oxygens (including phenoxy) is 1. The van der Waals surface area contributed by atoms with Crippen LogP contribution in [0.4, 0.5) is 4.79 Å². The lowest BCUT2D eigenvalue weighted by molar-refractivity contribution is 0.0963. The summed E-state index contributed by atoms with van der Waals surface area (Å²) in [6.45, 7) is 11.9. The molecule has 1 aliphatic heterocycles. The van der Waals surface area contributed by atoms with Gasteiger partial charge in [-0.15, -0.1) is 24.0 Å². The molecule has 0 bridgehead atoms. The van der Waals surface area contributed by atoms with Crippen LogP contribution in [0.25, 0.3) is 0 Å². The van der Waals surface area contributed by atoms with Crippen molar-refractivity contribution in [2.45, 2.75) is 53.0 Å². The predicted octanol–water partition coefficient (Wildman–Crippen LogP) is 2.83. The van der Waals surface area contributed by atoms with Crippen LogP contribution in [-0.4, -0.2) is 55.8 Å². The largest absolute Gasteiger partial charge is 0.450 e. The molecule has 0 atom stereocenters. The van der Waals surface area contributed by atoms with Gasteiger partial charge in [0.15, 0.2) is 5.96 Å². The first-order chi connectivity index (χ1) is 10.6. The second-order valence-corrected chi connectivity index (χ2v) is 6.05. The maximum absolute atomic E-state index is 11.7. The van der Waals surface area contributed by atoms with Crippen molar-refractivity contribution in [3.05, 3.63) is 0 Å². The van der Waals surface area contributed by atoms with E-state index in [1.165, 1.54) is 0 Å². The highest BCUT2D eigenvalue weighted by Crippen LogP contribution is 2.11. The molecule has 1 rings (SSSR count). The summed E-state index contributed by atoms with van der Waals surface area (Å²) >= 11 is 0. The molecule has 1 amide bonds. The Kier molecular flexibility index (Phi) is 12.3. The highest BCUT2D eigenvalue weighted by Gasteiger charge is 2.23. The first-order valence-electron chi connectivity index (χ1n) is 8.53. The van der Waals surface area contributed by atoms with Gasteiger partial charge in [0.05, 0.1) is 6.61 Å². The zero-order valence-corrected chi connectivity index (χ0v) is 17.3. The number of carbonyl (C=O) groups is 1. The van der Waals surface area contributed by atoms with E-state index in [4.69, 9.17) is 4.74 Å². The molecule has 23 heavy (non-hydrogen) atoms. The van der Waals surface area contributed by atoms with Gasteiger partial charge in [-0.2, -0.15) is 0 Å². The molecule has 0 unspecified atom stereocenters. The molecule has 1 saturated heterocycles. The maximum Gasteiger partial charge on any atom is 0.409 e. The second kappa shape index (κ2) is 12.7. The molecule has 0 aromatic heterocycles. The monoisotopic (exact) mass is 440 g/mol. The molecule has 0 spiro atoms. The van der Waals surface area contributed by atoms with Crippen LogP contribution in [0.1, 0.15) is 47.0 Å². The fourth-order valence-corrected chi connectivity index (χ4v) is 2.37. The molecular weight excluding hydrogens is 407 g/mol. The topological polar surface area (TPSA) is 66.0 Å². The number of piperidine rings is 1. The number of amides is 1. The van der Waals surface area contributed by atoms with Crippen molar-refractivity contribution in [2.24, 2.45) is 10.9 Å². The summed E-state index contributed by atoms with van der Waals surface area (Å²) in [7, 11) is 0. The van der Waals surface area contributed by atoms with Crippen molar-refractivity contribution in [3.8, 4) is 0 Å². The number of guanidine groups is 1. The Morgan fingerprint density at radius 1 is 1.30 bits per heavy atom. The minimum atomic E-state index is -0.196. The third kappa shape index (κ3) is 9.22. The van der Waals surface area contributed by atoms with Crippen LogP contribution >= 0.6 is 24.0 Å². The molecule has 7 heteroatoms. The van der Waals surface area contributed by atoms with Crippen molar-refractivity contribution < 1.29 is 9.53 Å². The Hall–Kier alpha value is -0.730. The van der Waals surface area contributed by atoms with E-state index in [1.54, 1.807) is 4.90 Å². The maximum atomic E-state index is 11.7. The van der Waals surface area contributed by atoms with Crippen molar-refractivity contribution >= 4 is 36.0 Å². The van der Waals surface area contributed by atoms with E-state index in [0.29, 0.717) is 18.6 Å². The lowest BCUT2D eigenvalue weighted by Gasteiger charge is -2.32. The van der Waals surface area contributed by atoms with Crippen LogP contribution in [0.2, 0.25) is 0 Å². The minimum Gasteiger partial charge on any atom is -0.450 e. The van der Waals surface area contributed by atoms with Gasteiger partial charge in [0, 0.05) is 32.2 Å². The van der Waals surface area contributed by atoms with Crippen molar-refractivity contribution in [3.63, 3.8) is 0 Å². The van der Waals surface area contributed by atoms with Crippen molar-refractivity contribution in [1.82, 2.24) is 15.5 Å². The second-order valence-electron chi connectivity index (χ2n) is 6.05. The Morgan fingerprint density at radius 3 is 2.48 bits per heavy atom. The van der Waals surface area contributed by atoms with Crippen molar-refractivity contribution in [2.75, 3.05) is 32.8 Å². The number of likely N-dealkylation sites (tertiary alicyclic amines) is 1. The average Bonchev–Trinajstić information content (AvgIpc) is 2.48. The number of nitrogens with one attached hydrogen (secondary N) is 2. The molecule has 0 aromatic rings. The smallest absolute Gasteiger partial charge is 0.409 e. The molecule has 0 saturated carbocycles. The highest BCUT2D eigenvalue weighted by atomic mass is 127. The minimum absolute atomic E-state index is 0. The van der Waals surface area contributed by atoms with E-state index < -0.39 is 0 Å². The lowest BCUT2D eigenvalue weighted by atomic mass is 10.1. The quantitative estimate of drug-likeness (QED) is 0.379. The molecule has 1 aliphatic rings. The van der Waals surface area contributed by atoms with Gasteiger partial charge < -0.3 is 20.3 Å². The molecule has 1 fully saturated rings. The SMILES string of the molecule is CCNC(=NCCC(C)C)NC1CCN(C(=O)OCC)CC1.I. The Bertz CT molecular complexity index is 356. The summed E-state index contributed by atoms with van der Waals surface area (Å²) in [6.07, 6.45) is 2.75. The molecule has 2 N–H and O–H groups in total. The van der Waals surface area contributed by atoms with Crippen LogP contribution in [0, 0.1) is 5.92 Å². The Morgan fingerprint density at radius 2 is 1.96 bits per heavy atom. The molecule has 0 aromatic carbocycles. The van der Waals surface area contributed by atoms with E-state index in [0.717, 1.165) is 51.4 Å². The van der Waals surface area contributed by atoms with Gasteiger partial charge in [0.2, 0.25) is 0 Å². The van der Waals surface area contributed by atoms with E-state index in [2.05, 4.69) is 36.4 Å². The van der Waals surface area contributed by atoms with E-state index in [-0.39, 0.29) is 30.1 Å². The Balaban J connectivity index is 0.00000484. The van der Waals surface area contributed by atoms with Crippen molar-refractivity contribution in [1.29, 1.82) is 0 Å². The number of rotatable bonds is 6. The summed E-state index contributed by atoms with van der Waals surface area (Å²) in [6, 6.07) is 0.363. The first kappa shape index (κ1) is 22.3. The summed E-state index contributed by atoms with van der Waals surface area (Å²) in [5.41, 5.74) is 0. The number of hydrogen-bond donors (Lipinski definition) is 2. The van der Waals surface area contributed by atoms with Crippen LogP contribution in [0.5, 0.6) is 0 Å². The zero-order chi connectivity index (χ0) is 16.4. The molecule has 1 heterocycles. The zero-order valence-electron chi connectivity index (χ0n) is 14.9. The highest BCUT2D eigenvalue weighted by molar-refractivity contribution is 14.0. The van der Waals surface area contributed by atoms with E-state index in [1.807, 2.05) is 6.92 Å². The number of aliphatic imine (C=N–C) groups is 1. The fraction of sp³-hybridized carbons (Fsp3) is 0.875. The first-order valence-corrected chi connectivity index (χ1v) is 8.53. The number of hydrogen-bond acceptors (Lipinski definition) is 3. The third-order valence-electron chi connectivity index (χ3n) is 3.68. The molecule has 6 nitrogen and oxygen atoms in total. The predicted molar refractivity (Wildman–Crippen MR) is 106 cm³/mol. The number of carbonyl (C=O) groups excluding carboxylic acids is 1. The lowest BCUT2D eigenvalue weighted by Crippen LogP contribution is -2.49. The Labute approximate surface area is 157 Å². The van der Waals surface area contributed by atoms with Gasteiger partial charge in [-0.1, -0.05) is 13.8 Å². The van der Waals surface area contributed by atoms with Crippen LogP contribution < -0.4 is 10.6 Å². The normalized spacial score (nSPS) is 16.0. The van der Waals surface area contributed by atoms with Gasteiger partial charge in [0.25, 0.3) is 0 Å². The number of nitrogens with zero attached hydrogens (tertiary/aromatic N) is 2. The van der Waals surface area contributed by atoms with Gasteiger partial charge in [-0.25, -0.2) is 4.79 Å². The summed E-state index contributed by atoms with van der Waals surface area (Å²) in [5, 5.41) is 6.77. The molecule has 0 aliphatic carbocycles. The van der Waals surface area contributed by atoms with E-state index >= 15 is 0 Å². The number of halogens is 1. The van der Waals surface area contributed by atoms with Crippen LogP contribution in [-0.2, 0) is 4.74 Å². The standard InChI is InChI=1S/C16H32N4O2.HI/c1-5-17-15(18-10-7-13(3)4)19-14-8-11-20(12-9-14)16(21)22-6-2;/h13-14H,5-12H2,1-4H3,(H2,17,18,19);1H. The van der Waals surface area contributed by atoms with Gasteiger partial charge in [-0.05, 0) is 39.0 Å². The summed E-state index contributed by atoms with van der Waals surface area (Å²) in [5.74, 6) is 1.55. The fourth-order valence-electron chi connectivity index (χ4n) is 2.37. The summed E-state index contributed by atoms with van der Waals surface area (Å²) in [4.78, 5) is 18.1. The third-order valence-corrected chi connectivity index (χ3v) is 3.68. The molecule has 0 radical (unpaired) electrons. The summed E-state index contributed by atoms with van der Waals surface area (Å²) < 4.78 is 5.04. The average molecular weight is 440 g/mol. The van der Waals surface area contributed by atoms with Crippen LogP contribution in [0.3, 0.4) is 0 Å². The molecular formula is C16H33IN4O2. The van der Waals surface area contributed by atoms with Gasteiger partial charge >= 0.3 is 6.09 Å².